The average molecular weight is 412 g/mol. The molecule has 7 heteroatoms. The molecule has 0 N–H and O–H groups in total. The first kappa shape index (κ1) is 21.8. The minimum Gasteiger partial charge on any atom is -0.467 e. The Bertz CT molecular complexity index is 972. The number of nitrogens with zero attached hydrogens (tertiary/aromatic N) is 3. The molecule has 1 aliphatic heterocycles. The molecule has 1 saturated heterocycles. The van der Waals surface area contributed by atoms with E-state index >= 15 is 0 Å². The third-order valence-electron chi connectivity index (χ3n) is 6.04. The Kier molecular flexibility index (Phi) is 6.41. The van der Waals surface area contributed by atoms with E-state index in [1.54, 1.807) is 26.2 Å². The summed E-state index contributed by atoms with van der Waals surface area (Å²) in [5.41, 5.74) is -0.282. The highest BCUT2D eigenvalue weighted by Crippen LogP contribution is 2.33. The van der Waals surface area contributed by atoms with Crippen LogP contribution in [0.3, 0.4) is 0 Å². The van der Waals surface area contributed by atoms with E-state index in [0.29, 0.717) is 19.4 Å². The van der Waals surface area contributed by atoms with Crippen molar-refractivity contribution in [2.75, 3.05) is 20.7 Å². The normalized spacial score (nSPS) is 21.5. The van der Waals surface area contributed by atoms with Gasteiger partial charge in [0.05, 0.1) is 7.11 Å². The number of carbonyl (C=O) groups is 2. The molecule has 7 nitrogen and oxygen atoms in total. The van der Waals surface area contributed by atoms with Gasteiger partial charge in [-0.15, -0.1) is 0 Å². The Morgan fingerprint density at radius 2 is 1.90 bits per heavy atom. The summed E-state index contributed by atoms with van der Waals surface area (Å²) in [4.78, 5) is 42.2. The lowest BCUT2D eigenvalue weighted by molar-refractivity contribution is -0.156. The van der Waals surface area contributed by atoms with Gasteiger partial charge in [0.1, 0.15) is 11.1 Å². The summed E-state index contributed by atoms with van der Waals surface area (Å²) in [5, 5.41) is 0. The van der Waals surface area contributed by atoms with Gasteiger partial charge >= 0.3 is 5.97 Å². The largest absolute Gasteiger partial charge is 0.467 e. The number of aryl methyl sites for hydroxylation is 1. The molecule has 0 bridgehead atoms. The predicted molar refractivity (Wildman–Crippen MR) is 114 cm³/mol. The zero-order valence-corrected chi connectivity index (χ0v) is 18.0. The Morgan fingerprint density at radius 1 is 1.20 bits per heavy atom. The van der Waals surface area contributed by atoms with Crippen LogP contribution in [0.1, 0.15) is 35.7 Å². The lowest BCUT2D eigenvalue weighted by atomic mass is 9.84. The minimum atomic E-state index is -1.15. The van der Waals surface area contributed by atoms with Crippen molar-refractivity contribution in [3.8, 4) is 0 Å². The number of pyridine rings is 1. The lowest BCUT2D eigenvalue weighted by Gasteiger charge is -2.47. The number of esters is 1. The Morgan fingerprint density at radius 3 is 2.57 bits per heavy atom. The number of hydrogen-bond donors (Lipinski definition) is 0. The van der Waals surface area contributed by atoms with Gasteiger partial charge in [-0.2, -0.15) is 0 Å². The van der Waals surface area contributed by atoms with Crippen molar-refractivity contribution in [2.24, 2.45) is 7.05 Å². The fourth-order valence-corrected chi connectivity index (χ4v) is 4.22. The summed E-state index contributed by atoms with van der Waals surface area (Å²) in [6, 6.07) is 13.4. The molecule has 0 saturated carbocycles. The Labute approximate surface area is 176 Å². The number of aromatic nitrogens is 1. The van der Waals surface area contributed by atoms with E-state index in [1.807, 2.05) is 25.2 Å². The maximum absolute atomic E-state index is 13.3. The van der Waals surface area contributed by atoms with Crippen molar-refractivity contribution >= 4 is 11.9 Å². The van der Waals surface area contributed by atoms with Crippen LogP contribution in [0.15, 0.2) is 53.5 Å². The standard InChI is InChI=1S/C23H29N3O4/c1-23(22(29)30-4)15-18(25(3)16-17-9-6-5-7-10-17)12-14-26(23)21(28)19-11-8-13-24(2)20(19)27/h5-11,13,18H,12,14-16H2,1-4H3/t18-,23-/m0/s1. The van der Waals surface area contributed by atoms with Crippen LogP contribution in [0.5, 0.6) is 0 Å². The average Bonchev–Trinajstić information content (AvgIpc) is 2.75. The number of amides is 1. The van der Waals surface area contributed by atoms with Gasteiger partial charge in [-0.25, -0.2) is 4.79 Å². The molecular formula is C23H29N3O4. The van der Waals surface area contributed by atoms with Gasteiger partial charge < -0.3 is 14.2 Å². The van der Waals surface area contributed by atoms with E-state index in [2.05, 4.69) is 17.0 Å². The Hall–Kier alpha value is -2.93. The highest BCUT2D eigenvalue weighted by atomic mass is 16.5. The van der Waals surface area contributed by atoms with Gasteiger partial charge in [0.25, 0.3) is 11.5 Å². The lowest BCUT2D eigenvalue weighted by Crippen LogP contribution is -2.62. The van der Waals surface area contributed by atoms with Crippen LogP contribution < -0.4 is 5.56 Å². The molecule has 160 valence electrons. The van der Waals surface area contributed by atoms with Crippen molar-refractivity contribution in [1.29, 1.82) is 0 Å². The minimum absolute atomic E-state index is 0.0613. The van der Waals surface area contributed by atoms with Gasteiger partial charge in [0.2, 0.25) is 0 Å². The van der Waals surface area contributed by atoms with E-state index in [4.69, 9.17) is 4.74 Å². The predicted octanol–water partition coefficient (Wildman–Crippen LogP) is 2.05. The molecule has 1 aliphatic rings. The summed E-state index contributed by atoms with van der Waals surface area (Å²) in [6.45, 7) is 2.84. The van der Waals surface area contributed by atoms with Crippen LogP contribution in [0, 0.1) is 0 Å². The smallest absolute Gasteiger partial charge is 0.331 e. The maximum atomic E-state index is 13.3. The van der Waals surface area contributed by atoms with Crippen molar-refractivity contribution in [3.05, 3.63) is 70.1 Å². The van der Waals surface area contributed by atoms with Crippen LogP contribution in [0.25, 0.3) is 0 Å². The first-order valence-electron chi connectivity index (χ1n) is 10.1. The molecule has 0 unspecified atom stereocenters. The van der Waals surface area contributed by atoms with E-state index in [0.717, 1.165) is 6.54 Å². The summed E-state index contributed by atoms with van der Waals surface area (Å²) >= 11 is 0. The second-order valence-corrected chi connectivity index (χ2v) is 8.11. The fraction of sp³-hybridized carbons (Fsp3) is 0.435. The number of rotatable bonds is 5. The summed E-state index contributed by atoms with van der Waals surface area (Å²) in [7, 11) is 4.96. The van der Waals surface area contributed by atoms with Gasteiger partial charge in [0.15, 0.2) is 0 Å². The van der Waals surface area contributed by atoms with E-state index in [-0.39, 0.29) is 17.2 Å². The molecule has 1 amide bonds. The van der Waals surface area contributed by atoms with Crippen molar-refractivity contribution in [3.63, 3.8) is 0 Å². The molecule has 2 atom stereocenters. The number of benzene rings is 1. The summed E-state index contributed by atoms with van der Waals surface area (Å²) in [5.74, 6) is -0.908. The van der Waals surface area contributed by atoms with Gasteiger partial charge in [0, 0.05) is 32.4 Å². The number of methoxy groups -OCH3 is 1. The molecule has 0 spiro atoms. The highest BCUT2D eigenvalue weighted by Gasteiger charge is 2.49. The monoisotopic (exact) mass is 411 g/mol. The number of ether oxygens (including phenoxy) is 1. The van der Waals surface area contributed by atoms with Crippen LogP contribution in [-0.2, 0) is 23.1 Å². The van der Waals surface area contributed by atoms with Crippen molar-refractivity contribution in [1.82, 2.24) is 14.4 Å². The van der Waals surface area contributed by atoms with Gasteiger partial charge in [-0.05, 0) is 44.5 Å². The van der Waals surface area contributed by atoms with Crippen LogP contribution in [0.2, 0.25) is 0 Å². The molecular weight excluding hydrogens is 382 g/mol. The first-order chi connectivity index (χ1) is 14.3. The van der Waals surface area contributed by atoms with E-state index < -0.39 is 17.4 Å². The molecule has 3 rings (SSSR count). The number of carbonyl (C=O) groups excluding carboxylic acids is 2. The quantitative estimate of drug-likeness (QED) is 0.705. The molecule has 30 heavy (non-hydrogen) atoms. The second-order valence-electron chi connectivity index (χ2n) is 8.11. The number of hydrogen-bond acceptors (Lipinski definition) is 5. The van der Waals surface area contributed by atoms with Crippen molar-refractivity contribution < 1.29 is 14.3 Å². The molecule has 0 aliphatic carbocycles. The third-order valence-corrected chi connectivity index (χ3v) is 6.04. The summed E-state index contributed by atoms with van der Waals surface area (Å²) in [6.07, 6.45) is 2.74. The van der Waals surface area contributed by atoms with Crippen LogP contribution in [0.4, 0.5) is 0 Å². The molecule has 2 aromatic rings. The zero-order valence-electron chi connectivity index (χ0n) is 18.0. The number of piperidine rings is 1. The SMILES string of the molecule is COC(=O)[C@]1(C)C[C@@H](N(C)Cc2ccccc2)CCN1C(=O)c1cccn(C)c1=O. The van der Waals surface area contributed by atoms with E-state index in [1.165, 1.54) is 28.2 Å². The van der Waals surface area contributed by atoms with Crippen LogP contribution in [-0.4, -0.2) is 58.5 Å². The molecule has 0 radical (unpaired) electrons. The van der Waals surface area contributed by atoms with Gasteiger partial charge in [-0.3, -0.25) is 14.5 Å². The van der Waals surface area contributed by atoms with Crippen LogP contribution >= 0.6 is 0 Å². The molecule has 1 fully saturated rings. The molecule has 1 aromatic heterocycles. The van der Waals surface area contributed by atoms with E-state index in [9.17, 15) is 14.4 Å². The zero-order chi connectivity index (χ0) is 21.9. The third kappa shape index (κ3) is 4.16. The molecule has 2 heterocycles. The topological polar surface area (TPSA) is 71.8 Å². The Balaban J connectivity index is 1.86. The highest BCUT2D eigenvalue weighted by molar-refractivity contribution is 5.98. The maximum Gasteiger partial charge on any atom is 0.331 e. The molecule has 1 aromatic carbocycles. The van der Waals surface area contributed by atoms with Crippen molar-refractivity contribution in [2.45, 2.75) is 37.9 Å². The summed E-state index contributed by atoms with van der Waals surface area (Å²) < 4.78 is 6.44. The second kappa shape index (κ2) is 8.83. The number of likely N-dealkylation sites (tertiary alicyclic amines) is 1. The first-order valence-corrected chi connectivity index (χ1v) is 10.1. The van der Waals surface area contributed by atoms with Gasteiger partial charge in [-0.1, -0.05) is 30.3 Å². The fourth-order valence-electron chi connectivity index (χ4n) is 4.22.